The van der Waals surface area contributed by atoms with Crippen molar-refractivity contribution in [1.82, 2.24) is 10.6 Å². The second-order valence-corrected chi connectivity index (χ2v) is 7.24. The van der Waals surface area contributed by atoms with Gasteiger partial charge in [-0.15, -0.1) is 0 Å². The van der Waals surface area contributed by atoms with Gasteiger partial charge >= 0.3 is 0 Å². The van der Waals surface area contributed by atoms with Crippen LogP contribution in [-0.2, 0) is 4.79 Å². The normalized spacial score (nSPS) is 29.6. The van der Waals surface area contributed by atoms with E-state index in [1.807, 2.05) is 25.1 Å². The van der Waals surface area contributed by atoms with E-state index in [-0.39, 0.29) is 18.0 Å². The summed E-state index contributed by atoms with van der Waals surface area (Å²) in [4.78, 5) is 12.6. The van der Waals surface area contributed by atoms with E-state index >= 15 is 0 Å². The molecule has 4 atom stereocenters. The first kappa shape index (κ1) is 15.8. The Morgan fingerprint density at radius 2 is 2.00 bits per heavy atom. The van der Waals surface area contributed by atoms with Gasteiger partial charge in [0.15, 0.2) is 11.5 Å². The smallest absolute Gasteiger partial charge is 0.237 e. The lowest BCUT2D eigenvalue weighted by Gasteiger charge is -2.24. The van der Waals surface area contributed by atoms with Crippen molar-refractivity contribution in [2.45, 2.75) is 57.2 Å². The van der Waals surface area contributed by atoms with Gasteiger partial charge in [0.2, 0.25) is 5.91 Å². The number of nitrogens with one attached hydrogen (secondary N) is 2. The first-order valence-corrected chi connectivity index (χ1v) is 9.16. The quantitative estimate of drug-likeness (QED) is 0.894. The first-order chi connectivity index (χ1) is 11.7. The summed E-state index contributed by atoms with van der Waals surface area (Å²) in [6.45, 7) is 3.19. The van der Waals surface area contributed by atoms with E-state index < -0.39 is 0 Å². The van der Waals surface area contributed by atoms with E-state index in [0.717, 1.165) is 23.5 Å². The summed E-state index contributed by atoms with van der Waals surface area (Å²) in [6, 6.07) is 6.35. The van der Waals surface area contributed by atoms with Crippen LogP contribution in [0.4, 0.5) is 0 Å². The molecule has 1 aromatic carbocycles. The number of carbonyl (C=O) groups excluding carboxylic acids is 1. The molecule has 2 heterocycles. The summed E-state index contributed by atoms with van der Waals surface area (Å²) >= 11 is 0. The highest BCUT2D eigenvalue weighted by Gasteiger charge is 2.38. The van der Waals surface area contributed by atoms with Crippen molar-refractivity contribution >= 4 is 5.91 Å². The van der Waals surface area contributed by atoms with Gasteiger partial charge in [0.1, 0.15) is 13.2 Å². The fourth-order valence-corrected chi connectivity index (χ4v) is 4.25. The van der Waals surface area contributed by atoms with Crippen LogP contribution < -0.4 is 20.1 Å². The number of amides is 1. The maximum atomic E-state index is 12.6. The monoisotopic (exact) mass is 330 g/mol. The molecule has 2 aliphatic heterocycles. The molecular weight excluding hydrogens is 304 g/mol. The van der Waals surface area contributed by atoms with Crippen LogP contribution in [0.5, 0.6) is 11.5 Å². The Bertz CT molecular complexity index is 605. The summed E-state index contributed by atoms with van der Waals surface area (Å²) in [5.41, 5.74) is 1.04. The van der Waals surface area contributed by atoms with Crippen molar-refractivity contribution in [3.8, 4) is 11.5 Å². The van der Waals surface area contributed by atoms with Gasteiger partial charge in [-0.3, -0.25) is 4.79 Å². The molecule has 1 aromatic rings. The van der Waals surface area contributed by atoms with Crippen LogP contribution in [0, 0.1) is 5.92 Å². The topological polar surface area (TPSA) is 59.6 Å². The minimum atomic E-state index is -0.0437. The van der Waals surface area contributed by atoms with Crippen molar-refractivity contribution < 1.29 is 14.3 Å². The van der Waals surface area contributed by atoms with Gasteiger partial charge in [-0.2, -0.15) is 0 Å². The third-order valence-electron chi connectivity index (χ3n) is 5.60. The average molecular weight is 330 g/mol. The average Bonchev–Trinajstić information content (AvgIpc) is 3.05. The van der Waals surface area contributed by atoms with E-state index in [0.29, 0.717) is 25.2 Å². The lowest BCUT2D eigenvalue weighted by molar-refractivity contribution is -0.123. The van der Waals surface area contributed by atoms with Crippen molar-refractivity contribution in [2.24, 2.45) is 5.92 Å². The lowest BCUT2D eigenvalue weighted by Crippen LogP contribution is -2.43. The molecule has 0 aromatic heterocycles. The molecule has 5 nitrogen and oxygen atoms in total. The molecule has 0 bridgehead atoms. The summed E-state index contributed by atoms with van der Waals surface area (Å²) in [5.74, 6) is 2.35. The van der Waals surface area contributed by atoms with Crippen LogP contribution in [0.25, 0.3) is 0 Å². The van der Waals surface area contributed by atoms with E-state index in [1.165, 1.54) is 25.7 Å². The number of benzene rings is 1. The maximum absolute atomic E-state index is 12.6. The Morgan fingerprint density at radius 3 is 2.83 bits per heavy atom. The molecule has 1 saturated carbocycles. The zero-order valence-electron chi connectivity index (χ0n) is 14.2. The van der Waals surface area contributed by atoms with Crippen molar-refractivity contribution in [3.63, 3.8) is 0 Å². The van der Waals surface area contributed by atoms with Crippen LogP contribution in [0.3, 0.4) is 0 Å². The predicted octanol–water partition coefficient (Wildman–Crippen LogP) is 2.56. The van der Waals surface area contributed by atoms with Gasteiger partial charge < -0.3 is 20.1 Å². The van der Waals surface area contributed by atoms with Crippen molar-refractivity contribution in [3.05, 3.63) is 23.8 Å². The molecule has 0 spiro atoms. The minimum Gasteiger partial charge on any atom is -0.486 e. The van der Waals surface area contributed by atoms with Gasteiger partial charge in [0.05, 0.1) is 12.1 Å². The van der Waals surface area contributed by atoms with E-state index in [9.17, 15) is 4.79 Å². The molecule has 4 rings (SSSR count). The van der Waals surface area contributed by atoms with Gasteiger partial charge in [0.25, 0.3) is 0 Å². The van der Waals surface area contributed by atoms with Gasteiger partial charge in [-0.05, 0) is 49.8 Å². The largest absolute Gasteiger partial charge is 0.486 e. The fraction of sp³-hybridized carbons (Fsp3) is 0.632. The number of rotatable bonds is 3. The number of hydrogen-bond acceptors (Lipinski definition) is 4. The highest BCUT2D eigenvalue weighted by atomic mass is 16.6. The Morgan fingerprint density at radius 1 is 1.21 bits per heavy atom. The molecule has 1 amide bonds. The molecule has 2 fully saturated rings. The Kier molecular flexibility index (Phi) is 4.35. The molecule has 24 heavy (non-hydrogen) atoms. The summed E-state index contributed by atoms with van der Waals surface area (Å²) in [6.07, 6.45) is 6.05. The zero-order chi connectivity index (χ0) is 16.5. The second-order valence-electron chi connectivity index (χ2n) is 7.24. The standard InChI is InChI=1S/C19H26N2O3/c1-12(13-6-7-17-18(11-13)24-9-8-23-17)20-19(22)16-10-14-4-2-3-5-15(14)21-16/h6-7,11-12,14-16,21H,2-5,8-10H2,1H3,(H,20,22). The predicted molar refractivity (Wildman–Crippen MR) is 91.3 cm³/mol. The Balaban J connectivity index is 1.39. The third-order valence-corrected chi connectivity index (χ3v) is 5.60. The summed E-state index contributed by atoms with van der Waals surface area (Å²) in [5, 5.41) is 6.70. The Labute approximate surface area is 143 Å². The molecule has 0 radical (unpaired) electrons. The van der Waals surface area contributed by atoms with Crippen LogP contribution >= 0.6 is 0 Å². The molecule has 3 aliphatic rings. The second kappa shape index (κ2) is 6.63. The van der Waals surface area contributed by atoms with Crippen molar-refractivity contribution in [1.29, 1.82) is 0 Å². The molecule has 1 saturated heterocycles. The van der Waals surface area contributed by atoms with Gasteiger partial charge in [0, 0.05) is 6.04 Å². The van der Waals surface area contributed by atoms with E-state index in [2.05, 4.69) is 10.6 Å². The number of carbonyl (C=O) groups is 1. The van der Waals surface area contributed by atoms with E-state index in [1.54, 1.807) is 0 Å². The fourth-order valence-electron chi connectivity index (χ4n) is 4.25. The number of ether oxygens (including phenoxy) is 2. The molecule has 4 unspecified atom stereocenters. The summed E-state index contributed by atoms with van der Waals surface area (Å²) < 4.78 is 11.2. The minimum absolute atomic E-state index is 0.0437. The summed E-state index contributed by atoms with van der Waals surface area (Å²) in [7, 11) is 0. The number of hydrogen-bond donors (Lipinski definition) is 2. The number of fused-ring (bicyclic) bond motifs is 2. The molecule has 1 aliphatic carbocycles. The SMILES string of the molecule is CC(NC(=O)C1CC2CCCCC2N1)c1ccc2c(c1)OCCO2. The van der Waals surface area contributed by atoms with Crippen LogP contribution in [0.15, 0.2) is 18.2 Å². The molecule has 130 valence electrons. The van der Waals surface area contributed by atoms with Gasteiger partial charge in [-0.1, -0.05) is 18.9 Å². The van der Waals surface area contributed by atoms with Crippen LogP contribution in [0.2, 0.25) is 0 Å². The molecule has 2 N–H and O–H groups in total. The zero-order valence-corrected chi connectivity index (χ0v) is 14.2. The highest BCUT2D eigenvalue weighted by molar-refractivity contribution is 5.82. The molecule has 5 heteroatoms. The van der Waals surface area contributed by atoms with E-state index in [4.69, 9.17) is 9.47 Å². The lowest BCUT2D eigenvalue weighted by atomic mass is 9.85. The third kappa shape index (κ3) is 3.09. The first-order valence-electron chi connectivity index (χ1n) is 9.16. The van der Waals surface area contributed by atoms with Gasteiger partial charge in [-0.25, -0.2) is 0 Å². The van der Waals surface area contributed by atoms with Crippen LogP contribution in [0.1, 0.15) is 50.6 Å². The molecular formula is C19H26N2O3. The highest BCUT2D eigenvalue weighted by Crippen LogP contribution is 2.34. The maximum Gasteiger partial charge on any atom is 0.237 e. The Hall–Kier alpha value is -1.75. The van der Waals surface area contributed by atoms with Crippen molar-refractivity contribution in [2.75, 3.05) is 13.2 Å². The van der Waals surface area contributed by atoms with Crippen LogP contribution in [-0.4, -0.2) is 31.2 Å².